The fourth-order valence-corrected chi connectivity index (χ4v) is 3.13. The van der Waals surface area contributed by atoms with Gasteiger partial charge in [0.25, 0.3) is 0 Å². The number of nitrogens with two attached hydrogens (primary N) is 2. The lowest BCUT2D eigenvalue weighted by molar-refractivity contribution is -0.137. The number of alkyl halides is 3. The lowest BCUT2D eigenvalue weighted by Gasteiger charge is -2.28. The summed E-state index contributed by atoms with van der Waals surface area (Å²) in [4.78, 5) is 8.17. The van der Waals surface area contributed by atoms with Gasteiger partial charge in [0.2, 0.25) is 0 Å². The third kappa shape index (κ3) is 3.71. The highest BCUT2D eigenvalue weighted by molar-refractivity contribution is 6.31. The standard InChI is InChI=1S/C19H15ClF4N4/c20-14-7-11(5-6-12(14)19(22,23)24)16-8-17(28-10-27-16)18(26,9-25)13-3-1-2-4-15(13)21/h1-8,10H,9,25-26H2. The van der Waals surface area contributed by atoms with Crippen LogP contribution in [0.5, 0.6) is 0 Å². The summed E-state index contributed by atoms with van der Waals surface area (Å²) in [6.07, 6.45) is -3.38. The highest BCUT2D eigenvalue weighted by atomic mass is 35.5. The van der Waals surface area contributed by atoms with E-state index in [9.17, 15) is 17.6 Å². The van der Waals surface area contributed by atoms with Crippen LogP contribution in [0.2, 0.25) is 5.02 Å². The Kier molecular flexibility index (Phi) is 5.38. The molecule has 1 unspecified atom stereocenters. The van der Waals surface area contributed by atoms with Gasteiger partial charge >= 0.3 is 6.18 Å². The Hall–Kier alpha value is -2.55. The monoisotopic (exact) mass is 410 g/mol. The van der Waals surface area contributed by atoms with Crippen molar-refractivity contribution in [1.29, 1.82) is 0 Å². The summed E-state index contributed by atoms with van der Waals surface area (Å²) >= 11 is 5.78. The first-order chi connectivity index (χ1) is 13.2. The van der Waals surface area contributed by atoms with Crippen LogP contribution in [0.3, 0.4) is 0 Å². The van der Waals surface area contributed by atoms with Crippen LogP contribution < -0.4 is 11.5 Å². The molecule has 3 aromatic rings. The molecule has 2 aromatic carbocycles. The zero-order chi connectivity index (χ0) is 20.5. The molecule has 0 saturated carbocycles. The van der Waals surface area contributed by atoms with Crippen molar-refractivity contribution >= 4 is 11.6 Å². The van der Waals surface area contributed by atoms with Crippen molar-refractivity contribution in [2.24, 2.45) is 11.5 Å². The van der Waals surface area contributed by atoms with Crippen molar-refractivity contribution in [3.63, 3.8) is 0 Å². The number of hydrogen-bond donors (Lipinski definition) is 2. The predicted octanol–water partition coefficient (Wildman–Crippen LogP) is 4.12. The van der Waals surface area contributed by atoms with Crippen LogP contribution in [0.25, 0.3) is 11.3 Å². The fourth-order valence-electron chi connectivity index (χ4n) is 2.84. The van der Waals surface area contributed by atoms with Crippen molar-refractivity contribution < 1.29 is 17.6 Å². The van der Waals surface area contributed by atoms with E-state index in [-0.39, 0.29) is 23.5 Å². The van der Waals surface area contributed by atoms with Gasteiger partial charge in [-0.25, -0.2) is 14.4 Å². The van der Waals surface area contributed by atoms with Crippen molar-refractivity contribution in [2.45, 2.75) is 11.7 Å². The average Bonchev–Trinajstić information content (AvgIpc) is 2.67. The van der Waals surface area contributed by atoms with Gasteiger partial charge < -0.3 is 11.5 Å². The number of nitrogens with zero attached hydrogens (tertiary/aromatic N) is 2. The maximum atomic E-state index is 14.3. The topological polar surface area (TPSA) is 77.8 Å². The zero-order valence-electron chi connectivity index (χ0n) is 14.3. The van der Waals surface area contributed by atoms with Crippen LogP contribution in [0.15, 0.2) is 54.9 Å². The molecule has 4 nitrogen and oxygen atoms in total. The van der Waals surface area contributed by atoms with Gasteiger partial charge in [0, 0.05) is 17.7 Å². The second-order valence-electron chi connectivity index (χ2n) is 6.14. The molecule has 0 saturated heterocycles. The van der Waals surface area contributed by atoms with E-state index >= 15 is 0 Å². The van der Waals surface area contributed by atoms with Crippen LogP contribution in [0.4, 0.5) is 17.6 Å². The van der Waals surface area contributed by atoms with E-state index in [0.29, 0.717) is 5.56 Å². The molecular formula is C19H15ClF4N4. The minimum absolute atomic E-state index is 0.146. The van der Waals surface area contributed by atoms with Gasteiger partial charge in [-0.2, -0.15) is 13.2 Å². The van der Waals surface area contributed by atoms with Crippen LogP contribution in [-0.4, -0.2) is 16.5 Å². The van der Waals surface area contributed by atoms with Crippen molar-refractivity contribution in [3.05, 3.63) is 82.5 Å². The highest BCUT2D eigenvalue weighted by Crippen LogP contribution is 2.37. The van der Waals surface area contributed by atoms with E-state index in [1.54, 1.807) is 6.07 Å². The Labute approximate surface area is 163 Å². The SMILES string of the molecule is NCC(N)(c1cc(-c2ccc(C(F)(F)F)c(Cl)c2)ncn1)c1ccccc1F. The van der Waals surface area contributed by atoms with Crippen molar-refractivity contribution in [3.8, 4) is 11.3 Å². The molecule has 9 heteroatoms. The van der Waals surface area contributed by atoms with Gasteiger partial charge in [-0.05, 0) is 24.3 Å². The third-order valence-corrected chi connectivity index (χ3v) is 4.68. The summed E-state index contributed by atoms with van der Waals surface area (Å²) in [6, 6.07) is 10.6. The lowest BCUT2D eigenvalue weighted by atomic mass is 9.86. The van der Waals surface area contributed by atoms with E-state index in [0.717, 1.165) is 12.1 Å². The maximum Gasteiger partial charge on any atom is 0.417 e. The molecule has 0 fully saturated rings. The molecule has 0 bridgehead atoms. The molecular weight excluding hydrogens is 396 g/mol. The lowest BCUT2D eigenvalue weighted by Crippen LogP contribution is -2.46. The van der Waals surface area contributed by atoms with E-state index < -0.39 is 28.1 Å². The highest BCUT2D eigenvalue weighted by Gasteiger charge is 2.34. The Balaban J connectivity index is 2.08. The molecule has 0 amide bonds. The second-order valence-corrected chi connectivity index (χ2v) is 6.54. The first-order valence-electron chi connectivity index (χ1n) is 8.10. The molecule has 1 aromatic heterocycles. The molecule has 0 spiro atoms. The Morgan fingerprint density at radius 3 is 2.29 bits per heavy atom. The Bertz CT molecular complexity index is 1010. The van der Waals surface area contributed by atoms with Gasteiger partial charge in [-0.3, -0.25) is 0 Å². The minimum Gasteiger partial charge on any atom is -0.328 e. The molecule has 28 heavy (non-hydrogen) atoms. The smallest absolute Gasteiger partial charge is 0.328 e. The summed E-state index contributed by atoms with van der Waals surface area (Å²) in [5.74, 6) is -0.548. The number of halogens is 5. The van der Waals surface area contributed by atoms with Crippen LogP contribution in [-0.2, 0) is 11.7 Å². The van der Waals surface area contributed by atoms with Crippen LogP contribution >= 0.6 is 11.6 Å². The number of hydrogen-bond acceptors (Lipinski definition) is 4. The summed E-state index contributed by atoms with van der Waals surface area (Å²) in [5, 5.41) is -0.461. The summed E-state index contributed by atoms with van der Waals surface area (Å²) < 4.78 is 53.0. The van der Waals surface area contributed by atoms with Gasteiger partial charge in [-0.1, -0.05) is 35.9 Å². The molecule has 4 N–H and O–H groups in total. The Morgan fingerprint density at radius 1 is 0.964 bits per heavy atom. The van der Waals surface area contributed by atoms with Gasteiger partial charge in [0.05, 0.1) is 27.5 Å². The first kappa shape index (κ1) is 20.2. The summed E-state index contributed by atoms with van der Waals surface area (Å²) in [7, 11) is 0. The predicted molar refractivity (Wildman–Crippen MR) is 97.9 cm³/mol. The summed E-state index contributed by atoms with van der Waals surface area (Å²) in [5.41, 5.74) is 10.8. The van der Waals surface area contributed by atoms with E-state index in [1.165, 1.54) is 36.7 Å². The maximum absolute atomic E-state index is 14.3. The average molecular weight is 411 g/mol. The largest absolute Gasteiger partial charge is 0.417 e. The van der Waals surface area contributed by atoms with Crippen molar-refractivity contribution in [1.82, 2.24) is 9.97 Å². The molecule has 1 atom stereocenters. The van der Waals surface area contributed by atoms with E-state index in [2.05, 4.69) is 9.97 Å². The molecule has 0 aliphatic rings. The minimum atomic E-state index is -4.57. The van der Waals surface area contributed by atoms with Crippen molar-refractivity contribution in [2.75, 3.05) is 6.54 Å². The van der Waals surface area contributed by atoms with Crippen LogP contribution in [0.1, 0.15) is 16.8 Å². The molecule has 146 valence electrons. The second kappa shape index (κ2) is 7.46. The Morgan fingerprint density at radius 2 is 1.68 bits per heavy atom. The van der Waals surface area contributed by atoms with Crippen LogP contribution in [0, 0.1) is 5.82 Å². The van der Waals surface area contributed by atoms with E-state index in [4.69, 9.17) is 23.1 Å². The number of benzene rings is 2. The normalized spacial score (nSPS) is 14.0. The zero-order valence-corrected chi connectivity index (χ0v) is 15.1. The fraction of sp³-hybridized carbons (Fsp3) is 0.158. The van der Waals surface area contributed by atoms with E-state index in [1.807, 2.05) is 0 Å². The number of aromatic nitrogens is 2. The first-order valence-corrected chi connectivity index (χ1v) is 8.48. The molecule has 0 radical (unpaired) electrons. The number of rotatable bonds is 4. The van der Waals surface area contributed by atoms with Gasteiger partial charge in [0.1, 0.15) is 12.1 Å². The summed E-state index contributed by atoms with van der Waals surface area (Å²) in [6.45, 7) is -0.155. The molecule has 1 heterocycles. The third-order valence-electron chi connectivity index (χ3n) is 4.37. The molecule has 3 rings (SSSR count). The quantitative estimate of drug-likeness (QED) is 0.634. The molecule has 0 aliphatic carbocycles. The molecule has 0 aliphatic heterocycles. The van der Waals surface area contributed by atoms with Gasteiger partial charge in [-0.15, -0.1) is 0 Å². The van der Waals surface area contributed by atoms with Gasteiger partial charge in [0.15, 0.2) is 0 Å².